The monoisotopic (exact) mass is 350 g/mol. The molecule has 1 aromatic rings. The molecule has 1 rings (SSSR count). The number of nitrogens with one attached hydrogen (secondary N) is 1. The molecule has 0 unspecified atom stereocenters. The van der Waals surface area contributed by atoms with Crippen molar-refractivity contribution in [2.75, 3.05) is 11.9 Å². The SMILES string of the molecule is CC(C)[C@@H](CO)Nc1ccc(I)cc1[N+](=O)[O-]. The maximum Gasteiger partial charge on any atom is 0.293 e. The highest BCUT2D eigenvalue weighted by Gasteiger charge is 2.19. The highest BCUT2D eigenvalue weighted by atomic mass is 127. The van der Waals surface area contributed by atoms with E-state index in [0.29, 0.717) is 5.69 Å². The molecule has 0 radical (unpaired) electrons. The Balaban J connectivity index is 3.01. The molecule has 2 N–H and O–H groups in total. The fraction of sp³-hybridized carbons (Fsp3) is 0.455. The topological polar surface area (TPSA) is 75.4 Å². The average molecular weight is 350 g/mol. The zero-order valence-corrected chi connectivity index (χ0v) is 11.8. The van der Waals surface area contributed by atoms with Gasteiger partial charge in [0.15, 0.2) is 0 Å². The van der Waals surface area contributed by atoms with Crippen LogP contribution in [0.25, 0.3) is 0 Å². The molecule has 1 aromatic carbocycles. The Kier molecular flexibility index (Phi) is 5.13. The van der Waals surface area contributed by atoms with Gasteiger partial charge < -0.3 is 10.4 Å². The lowest BCUT2D eigenvalue weighted by molar-refractivity contribution is -0.384. The van der Waals surface area contributed by atoms with Crippen LogP contribution in [0, 0.1) is 19.6 Å². The Hall–Kier alpha value is -0.890. The molecule has 0 bridgehead atoms. The maximum atomic E-state index is 10.9. The number of aliphatic hydroxyl groups is 1. The summed E-state index contributed by atoms with van der Waals surface area (Å²) in [7, 11) is 0. The van der Waals surface area contributed by atoms with Crippen LogP contribution in [-0.4, -0.2) is 22.7 Å². The summed E-state index contributed by atoms with van der Waals surface area (Å²) in [5, 5.41) is 23.1. The van der Waals surface area contributed by atoms with Crippen LogP contribution >= 0.6 is 22.6 Å². The third kappa shape index (κ3) is 3.81. The Bertz CT molecular complexity index is 410. The molecule has 0 spiro atoms. The molecule has 0 amide bonds. The number of halogens is 1. The third-order valence-electron chi connectivity index (χ3n) is 2.50. The van der Waals surface area contributed by atoms with Gasteiger partial charge in [0.2, 0.25) is 0 Å². The van der Waals surface area contributed by atoms with Crippen molar-refractivity contribution in [3.05, 3.63) is 31.9 Å². The van der Waals surface area contributed by atoms with Gasteiger partial charge in [0.05, 0.1) is 17.6 Å². The van der Waals surface area contributed by atoms with Crippen molar-refractivity contribution in [2.45, 2.75) is 19.9 Å². The van der Waals surface area contributed by atoms with E-state index >= 15 is 0 Å². The minimum absolute atomic E-state index is 0.0380. The number of hydrogen-bond donors (Lipinski definition) is 2. The lowest BCUT2D eigenvalue weighted by Crippen LogP contribution is -2.29. The van der Waals surface area contributed by atoms with Gasteiger partial charge in [0, 0.05) is 9.64 Å². The minimum Gasteiger partial charge on any atom is -0.394 e. The number of rotatable bonds is 5. The molecule has 0 heterocycles. The number of anilines is 1. The second-order valence-corrected chi connectivity index (χ2v) is 5.34. The molecule has 0 fully saturated rings. The van der Waals surface area contributed by atoms with Crippen LogP contribution in [-0.2, 0) is 0 Å². The van der Waals surface area contributed by atoms with E-state index in [1.165, 1.54) is 6.07 Å². The minimum atomic E-state index is -0.417. The van der Waals surface area contributed by atoms with E-state index in [1.807, 2.05) is 36.4 Å². The van der Waals surface area contributed by atoms with Crippen LogP contribution in [0.3, 0.4) is 0 Å². The lowest BCUT2D eigenvalue weighted by Gasteiger charge is -2.21. The smallest absolute Gasteiger partial charge is 0.293 e. The number of hydrogen-bond acceptors (Lipinski definition) is 4. The van der Waals surface area contributed by atoms with Gasteiger partial charge in [-0.3, -0.25) is 10.1 Å². The fourth-order valence-electron chi connectivity index (χ4n) is 1.40. The van der Waals surface area contributed by atoms with Gasteiger partial charge in [-0.05, 0) is 40.6 Å². The summed E-state index contributed by atoms with van der Waals surface area (Å²) in [5.41, 5.74) is 0.485. The van der Waals surface area contributed by atoms with E-state index in [4.69, 9.17) is 0 Å². The summed E-state index contributed by atoms with van der Waals surface area (Å²) < 4.78 is 0.810. The Morgan fingerprint density at radius 3 is 2.65 bits per heavy atom. The number of benzene rings is 1. The summed E-state index contributed by atoms with van der Waals surface area (Å²) >= 11 is 2.03. The Labute approximate surface area is 114 Å². The van der Waals surface area contributed by atoms with Crippen molar-refractivity contribution >= 4 is 34.0 Å². The zero-order chi connectivity index (χ0) is 13.0. The Morgan fingerprint density at radius 2 is 2.18 bits per heavy atom. The highest BCUT2D eigenvalue weighted by molar-refractivity contribution is 14.1. The highest BCUT2D eigenvalue weighted by Crippen LogP contribution is 2.27. The summed E-state index contributed by atoms with van der Waals surface area (Å²) in [6.45, 7) is 3.85. The van der Waals surface area contributed by atoms with Gasteiger partial charge in [-0.1, -0.05) is 13.8 Å². The molecule has 17 heavy (non-hydrogen) atoms. The molecule has 0 aliphatic rings. The first-order valence-corrected chi connectivity index (χ1v) is 6.35. The van der Waals surface area contributed by atoms with Crippen molar-refractivity contribution in [2.24, 2.45) is 5.92 Å². The van der Waals surface area contributed by atoms with Crippen LogP contribution in [0.2, 0.25) is 0 Å². The number of nitrogens with zero attached hydrogens (tertiary/aromatic N) is 1. The largest absolute Gasteiger partial charge is 0.394 e. The molecular weight excluding hydrogens is 335 g/mol. The van der Waals surface area contributed by atoms with Gasteiger partial charge in [-0.2, -0.15) is 0 Å². The summed E-state index contributed by atoms with van der Waals surface area (Å²) in [5.74, 6) is 0.193. The second-order valence-electron chi connectivity index (χ2n) is 4.10. The molecule has 1 atom stereocenters. The molecule has 5 nitrogen and oxygen atoms in total. The molecule has 94 valence electrons. The van der Waals surface area contributed by atoms with Crippen LogP contribution in [0.4, 0.5) is 11.4 Å². The van der Waals surface area contributed by atoms with E-state index in [9.17, 15) is 15.2 Å². The van der Waals surface area contributed by atoms with Gasteiger partial charge >= 0.3 is 0 Å². The number of aliphatic hydroxyl groups excluding tert-OH is 1. The van der Waals surface area contributed by atoms with E-state index in [2.05, 4.69) is 5.32 Å². The maximum absolute atomic E-state index is 10.9. The molecule has 0 saturated heterocycles. The average Bonchev–Trinajstić information content (AvgIpc) is 2.26. The van der Waals surface area contributed by atoms with Crippen LogP contribution < -0.4 is 5.32 Å². The van der Waals surface area contributed by atoms with Gasteiger partial charge in [0.1, 0.15) is 5.69 Å². The van der Waals surface area contributed by atoms with Crippen LogP contribution in [0.1, 0.15) is 13.8 Å². The zero-order valence-electron chi connectivity index (χ0n) is 9.68. The first-order valence-electron chi connectivity index (χ1n) is 5.27. The number of nitro benzene ring substituents is 1. The lowest BCUT2D eigenvalue weighted by atomic mass is 10.0. The summed E-state index contributed by atoms with van der Waals surface area (Å²) in [6, 6.07) is 4.79. The molecule has 0 saturated carbocycles. The molecule has 0 aromatic heterocycles. The Morgan fingerprint density at radius 1 is 1.53 bits per heavy atom. The third-order valence-corrected chi connectivity index (χ3v) is 3.17. The van der Waals surface area contributed by atoms with E-state index < -0.39 is 4.92 Å². The van der Waals surface area contributed by atoms with Crippen molar-refractivity contribution in [3.63, 3.8) is 0 Å². The van der Waals surface area contributed by atoms with Crippen molar-refractivity contribution in [1.29, 1.82) is 0 Å². The van der Waals surface area contributed by atoms with Gasteiger partial charge in [-0.25, -0.2) is 0 Å². The predicted molar refractivity (Wildman–Crippen MR) is 75.1 cm³/mol. The van der Waals surface area contributed by atoms with Crippen molar-refractivity contribution in [3.8, 4) is 0 Å². The first kappa shape index (κ1) is 14.2. The quantitative estimate of drug-likeness (QED) is 0.486. The van der Waals surface area contributed by atoms with Crippen molar-refractivity contribution < 1.29 is 10.0 Å². The predicted octanol–water partition coefficient (Wildman–Crippen LogP) is 2.63. The normalized spacial score (nSPS) is 12.5. The van der Waals surface area contributed by atoms with Crippen LogP contribution in [0.5, 0.6) is 0 Å². The first-order chi connectivity index (χ1) is 7.95. The second kappa shape index (κ2) is 6.15. The molecule has 0 aliphatic heterocycles. The van der Waals surface area contributed by atoms with Gasteiger partial charge in [-0.15, -0.1) is 0 Å². The van der Waals surface area contributed by atoms with E-state index in [1.54, 1.807) is 12.1 Å². The standard InChI is InChI=1S/C11H15IN2O3/c1-7(2)10(6-15)13-9-4-3-8(12)5-11(9)14(16)17/h3-5,7,10,13,15H,6H2,1-2H3/t10-/m1/s1. The molecule has 6 heteroatoms. The summed E-state index contributed by atoms with van der Waals surface area (Å²) in [4.78, 5) is 10.5. The summed E-state index contributed by atoms with van der Waals surface area (Å²) in [6.07, 6.45) is 0. The molecule has 0 aliphatic carbocycles. The van der Waals surface area contributed by atoms with Crippen molar-refractivity contribution in [1.82, 2.24) is 0 Å². The van der Waals surface area contributed by atoms with Gasteiger partial charge in [0.25, 0.3) is 5.69 Å². The number of nitro groups is 1. The molecular formula is C11H15IN2O3. The van der Waals surface area contributed by atoms with Crippen LogP contribution in [0.15, 0.2) is 18.2 Å². The fourth-order valence-corrected chi connectivity index (χ4v) is 1.88. The van der Waals surface area contributed by atoms with E-state index in [-0.39, 0.29) is 24.3 Å². The van der Waals surface area contributed by atoms with E-state index in [0.717, 1.165) is 3.57 Å².